The smallest absolute Gasteiger partial charge is 0.227 e. The largest absolute Gasteiger partial charge is 0.486 e. The molecule has 8 heteroatoms. The van der Waals surface area contributed by atoms with Gasteiger partial charge in [0.1, 0.15) is 19.0 Å². The molecule has 0 radical (unpaired) electrons. The number of nitrogens with one attached hydrogen (secondary N) is 1. The highest BCUT2D eigenvalue weighted by molar-refractivity contribution is 5.62. The van der Waals surface area contributed by atoms with E-state index in [0.717, 1.165) is 48.9 Å². The zero-order valence-corrected chi connectivity index (χ0v) is 15.0. The van der Waals surface area contributed by atoms with Crippen LogP contribution in [0.4, 0.5) is 17.5 Å². The third-order valence-electron chi connectivity index (χ3n) is 5.08. The molecule has 0 atom stereocenters. The molecule has 3 aliphatic heterocycles. The summed E-state index contributed by atoms with van der Waals surface area (Å²) in [6.45, 7) is 4.15. The molecule has 4 heterocycles. The summed E-state index contributed by atoms with van der Waals surface area (Å²) in [5, 5.41) is 3.32. The van der Waals surface area contributed by atoms with E-state index in [1.54, 1.807) is 6.20 Å². The van der Waals surface area contributed by atoms with Gasteiger partial charge in [0.2, 0.25) is 5.95 Å². The van der Waals surface area contributed by atoms with Crippen molar-refractivity contribution >= 4 is 17.5 Å². The fourth-order valence-corrected chi connectivity index (χ4v) is 3.67. The fourth-order valence-electron chi connectivity index (χ4n) is 3.67. The molecule has 8 nitrogen and oxygen atoms in total. The van der Waals surface area contributed by atoms with Crippen molar-refractivity contribution in [3.63, 3.8) is 0 Å². The maximum absolute atomic E-state index is 5.79. The van der Waals surface area contributed by atoms with Crippen LogP contribution in [-0.2, 0) is 9.47 Å². The highest BCUT2D eigenvalue weighted by atomic mass is 16.7. The van der Waals surface area contributed by atoms with E-state index in [-0.39, 0.29) is 0 Å². The van der Waals surface area contributed by atoms with E-state index in [2.05, 4.69) is 20.2 Å². The van der Waals surface area contributed by atoms with Gasteiger partial charge in [0.15, 0.2) is 17.3 Å². The van der Waals surface area contributed by atoms with Gasteiger partial charge in [-0.2, -0.15) is 4.98 Å². The Morgan fingerprint density at radius 2 is 1.70 bits per heavy atom. The first-order valence-electron chi connectivity index (χ1n) is 9.32. The molecule has 1 aromatic carbocycles. The molecule has 2 saturated heterocycles. The third kappa shape index (κ3) is 3.38. The van der Waals surface area contributed by atoms with Crippen molar-refractivity contribution in [2.75, 3.05) is 49.7 Å². The van der Waals surface area contributed by atoms with Gasteiger partial charge in [0, 0.05) is 43.9 Å². The second-order valence-electron chi connectivity index (χ2n) is 6.82. The Morgan fingerprint density at radius 1 is 0.926 bits per heavy atom. The van der Waals surface area contributed by atoms with Gasteiger partial charge in [0.05, 0.1) is 13.2 Å². The second kappa shape index (κ2) is 6.86. The summed E-state index contributed by atoms with van der Waals surface area (Å²) in [5.41, 5.74) is 0.897. The first kappa shape index (κ1) is 16.6. The summed E-state index contributed by atoms with van der Waals surface area (Å²) >= 11 is 0. The minimum Gasteiger partial charge on any atom is -0.486 e. The van der Waals surface area contributed by atoms with Gasteiger partial charge in [0.25, 0.3) is 0 Å². The number of anilines is 3. The van der Waals surface area contributed by atoms with E-state index in [0.29, 0.717) is 32.4 Å². The molecule has 0 saturated carbocycles. The molecule has 2 aromatic rings. The lowest BCUT2D eigenvalue weighted by molar-refractivity contribution is -0.169. The van der Waals surface area contributed by atoms with Crippen LogP contribution < -0.4 is 19.7 Å². The summed E-state index contributed by atoms with van der Waals surface area (Å²) < 4.78 is 22.8. The molecule has 1 N–H and O–H groups in total. The van der Waals surface area contributed by atoms with Crippen molar-refractivity contribution in [2.24, 2.45) is 0 Å². The number of aromatic nitrogens is 2. The first-order chi connectivity index (χ1) is 13.3. The average molecular weight is 370 g/mol. The Labute approximate surface area is 157 Å². The fraction of sp³-hybridized carbons (Fsp3) is 0.474. The van der Waals surface area contributed by atoms with Crippen molar-refractivity contribution in [1.29, 1.82) is 0 Å². The number of fused-ring (bicyclic) bond motifs is 1. The first-order valence-corrected chi connectivity index (χ1v) is 9.32. The van der Waals surface area contributed by atoms with E-state index in [4.69, 9.17) is 18.9 Å². The van der Waals surface area contributed by atoms with Crippen molar-refractivity contribution in [3.8, 4) is 11.5 Å². The van der Waals surface area contributed by atoms with Gasteiger partial charge in [-0.15, -0.1) is 0 Å². The molecule has 2 fully saturated rings. The van der Waals surface area contributed by atoms with Crippen LogP contribution in [0.2, 0.25) is 0 Å². The van der Waals surface area contributed by atoms with E-state index in [9.17, 15) is 0 Å². The summed E-state index contributed by atoms with van der Waals surface area (Å²) in [6, 6.07) is 7.64. The molecule has 1 spiro atoms. The van der Waals surface area contributed by atoms with Gasteiger partial charge in [-0.05, 0) is 18.2 Å². The molecule has 5 rings (SSSR count). The van der Waals surface area contributed by atoms with Crippen LogP contribution in [0.5, 0.6) is 11.5 Å². The number of hydrogen-bond donors (Lipinski definition) is 1. The minimum atomic E-state index is -0.391. The zero-order valence-electron chi connectivity index (χ0n) is 15.0. The predicted octanol–water partition coefficient (Wildman–Crippen LogP) is 2.33. The second-order valence-corrected chi connectivity index (χ2v) is 6.82. The van der Waals surface area contributed by atoms with Gasteiger partial charge in [-0.3, -0.25) is 0 Å². The van der Waals surface area contributed by atoms with Gasteiger partial charge in [-0.1, -0.05) is 0 Å². The average Bonchev–Trinajstić information content (AvgIpc) is 3.17. The lowest BCUT2D eigenvalue weighted by Crippen LogP contribution is -2.45. The van der Waals surface area contributed by atoms with Crippen LogP contribution in [0.15, 0.2) is 30.5 Å². The van der Waals surface area contributed by atoms with Crippen LogP contribution in [-0.4, -0.2) is 55.3 Å². The molecule has 0 unspecified atom stereocenters. The third-order valence-corrected chi connectivity index (χ3v) is 5.08. The topological polar surface area (TPSA) is 78.0 Å². The molecule has 3 aliphatic rings. The van der Waals surface area contributed by atoms with E-state index < -0.39 is 5.79 Å². The standard InChI is InChI=1S/C19H22N4O4/c1-2-15-16(25-10-9-24-15)13-14(1)21-17-3-6-20-18(22-17)23-7-4-19(5-8-23)26-11-12-27-19/h1-3,6,13H,4-5,7-12H2,(H,20,21,22). The van der Waals surface area contributed by atoms with Crippen LogP contribution in [0.25, 0.3) is 0 Å². The van der Waals surface area contributed by atoms with Crippen molar-refractivity contribution in [1.82, 2.24) is 9.97 Å². The van der Waals surface area contributed by atoms with Crippen LogP contribution >= 0.6 is 0 Å². The summed E-state index contributed by atoms with van der Waals surface area (Å²) in [6.07, 6.45) is 3.43. The molecule has 27 heavy (non-hydrogen) atoms. The Bertz CT molecular complexity index is 815. The van der Waals surface area contributed by atoms with Gasteiger partial charge < -0.3 is 29.2 Å². The van der Waals surface area contributed by atoms with Crippen molar-refractivity contribution < 1.29 is 18.9 Å². The molecule has 0 aliphatic carbocycles. The van der Waals surface area contributed by atoms with Gasteiger partial charge >= 0.3 is 0 Å². The number of rotatable bonds is 3. The molecule has 0 bridgehead atoms. The molecule has 0 amide bonds. The Morgan fingerprint density at radius 3 is 2.52 bits per heavy atom. The number of ether oxygens (including phenoxy) is 4. The van der Waals surface area contributed by atoms with Crippen LogP contribution in [0.3, 0.4) is 0 Å². The zero-order chi connectivity index (χ0) is 18.1. The van der Waals surface area contributed by atoms with E-state index >= 15 is 0 Å². The van der Waals surface area contributed by atoms with E-state index in [1.165, 1.54) is 0 Å². The lowest BCUT2D eigenvalue weighted by atomic mass is 10.0. The van der Waals surface area contributed by atoms with Crippen molar-refractivity contribution in [2.45, 2.75) is 18.6 Å². The normalized spacial score (nSPS) is 20.7. The Kier molecular flexibility index (Phi) is 4.21. The van der Waals surface area contributed by atoms with Gasteiger partial charge in [-0.25, -0.2) is 4.98 Å². The Balaban J connectivity index is 1.28. The van der Waals surface area contributed by atoms with E-state index in [1.807, 2.05) is 24.3 Å². The number of nitrogens with zero attached hydrogens (tertiary/aromatic N) is 3. The number of benzene rings is 1. The Hall–Kier alpha value is -2.58. The molecular formula is C19H22N4O4. The highest BCUT2D eigenvalue weighted by Crippen LogP contribution is 2.34. The maximum atomic E-state index is 5.79. The SMILES string of the molecule is c1cc(Nc2ccc3c(c2)OCCO3)nc(N2CCC3(CC2)OCCO3)n1. The highest BCUT2D eigenvalue weighted by Gasteiger charge is 2.40. The summed E-state index contributed by atoms with van der Waals surface area (Å²) in [5.74, 6) is 2.58. The number of hydrogen-bond acceptors (Lipinski definition) is 8. The van der Waals surface area contributed by atoms with Crippen LogP contribution in [0, 0.1) is 0 Å². The summed E-state index contributed by atoms with van der Waals surface area (Å²) in [4.78, 5) is 11.3. The molecular weight excluding hydrogens is 348 g/mol. The van der Waals surface area contributed by atoms with Crippen molar-refractivity contribution in [3.05, 3.63) is 30.5 Å². The monoisotopic (exact) mass is 370 g/mol. The van der Waals surface area contributed by atoms with Crippen LogP contribution in [0.1, 0.15) is 12.8 Å². The lowest BCUT2D eigenvalue weighted by Gasteiger charge is -2.37. The maximum Gasteiger partial charge on any atom is 0.227 e. The molecule has 1 aromatic heterocycles. The predicted molar refractivity (Wildman–Crippen MR) is 98.8 cm³/mol. The summed E-state index contributed by atoms with van der Waals surface area (Å²) in [7, 11) is 0. The number of piperidine rings is 1. The quantitative estimate of drug-likeness (QED) is 0.882. The molecule has 142 valence electrons. The minimum absolute atomic E-state index is 0.391.